The molecule has 13 heteroatoms. The van der Waals surface area contributed by atoms with Gasteiger partial charge >= 0.3 is 18.1 Å². The van der Waals surface area contributed by atoms with E-state index in [1.807, 2.05) is 0 Å². The second-order valence-corrected chi connectivity index (χ2v) is 6.83. The third-order valence-corrected chi connectivity index (χ3v) is 4.46. The summed E-state index contributed by atoms with van der Waals surface area (Å²) in [6, 6.07) is 5.29. The van der Waals surface area contributed by atoms with Crippen molar-refractivity contribution in [1.29, 1.82) is 0 Å². The Morgan fingerprint density at radius 2 is 1.65 bits per heavy atom. The number of aromatic hydroxyl groups is 2. The Morgan fingerprint density at radius 3 is 2.15 bits per heavy atom. The lowest BCUT2D eigenvalue weighted by Gasteiger charge is -2.13. The van der Waals surface area contributed by atoms with Crippen molar-refractivity contribution >= 4 is 22.9 Å². The molecular formula is C21H17F4NO8. The molecule has 0 radical (unpaired) electrons. The fourth-order valence-electron chi connectivity index (χ4n) is 2.67. The number of carbonyl (C=O) groups is 2. The second-order valence-electron chi connectivity index (χ2n) is 6.83. The van der Waals surface area contributed by atoms with Gasteiger partial charge in [0.1, 0.15) is 40.6 Å². The van der Waals surface area contributed by atoms with Crippen LogP contribution < -0.4 is 10.7 Å². The number of benzene rings is 2. The van der Waals surface area contributed by atoms with E-state index in [1.165, 1.54) is 31.2 Å². The molecule has 34 heavy (non-hydrogen) atoms. The first-order chi connectivity index (χ1) is 15.7. The summed E-state index contributed by atoms with van der Waals surface area (Å²) < 4.78 is 50.3. The Morgan fingerprint density at radius 1 is 1.09 bits per heavy atom. The zero-order valence-corrected chi connectivity index (χ0v) is 17.2. The number of phenolic OH excluding ortho intramolecular Hbond substituents is 2. The molecule has 2 aromatic carbocycles. The summed E-state index contributed by atoms with van der Waals surface area (Å²) in [4.78, 5) is 32.7. The number of phenols is 2. The molecule has 182 valence electrons. The molecule has 0 spiro atoms. The predicted octanol–water partition coefficient (Wildman–Crippen LogP) is 3.21. The Balaban J connectivity index is 0.000000509. The first kappa shape index (κ1) is 26.1. The normalized spacial score (nSPS) is 12.0. The molecule has 0 bridgehead atoms. The predicted molar refractivity (Wildman–Crippen MR) is 109 cm³/mol. The molecule has 0 aliphatic heterocycles. The monoisotopic (exact) mass is 487 g/mol. The van der Waals surface area contributed by atoms with Crippen LogP contribution in [0.1, 0.15) is 12.5 Å². The number of hydrogen-bond acceptors (Lipinski definition) is 7. The minimum Gasteiger partial charge on any atom is -0.507 e. The minimum atomic E-state index is -5.08. The van der Waals surface area contributed by atoms with E-state index in [1.54, 1.807) is 0 Å². The van der Waals surface area contributed by atoms with Crippen LogP contribution in [0.3, 0.4) is 0 Å². The van der Waals surface area contributed by atoms with Crippen LogP contribution in [0.15, 0.2) is 45.8 Å². The van der Waals surface area contributed by atoms with Gasteiger partial charge in [0.2, 0.25) is 5.43 Å². The van der Waals surface area contributed by atoms with Gasteiger partial charge in [-0.1, -0.05) is 12.1 Å². The lowest BCUT2D eigenvalue weighted by Crippen LogP contribution is -2.33. The van der Waals surface area contributed by atoms with Gasteiger partial charge in [-0.25, -0.2) is 9.18 Å². The summed E-state index contributed by atoms with van der Waals surface area (Å²) in [7, 11) is 0. The highest BCUT2D eigenvalue weighted by molar-refractivity contribution is 5.90. The van der Waals surface area contributed by atoms with Crippen molar-refractivity contribution < 1.29 is 52.0 Å². The van der Waals surface area contributed by atoms with Gasteiger partial charge in [0.15, 0.2) is 0 Å². The van der Waals surface area contributed by atoms with Gasteiger partial charge < -0.3 is 30.2 Å². The lowest BCUT2D eigenvalue weighted by molar-refractivity contribution is -0.192. The smallest absolute Gasteiger partial charge is 0.490 e. The average molecular weight is 487 g/mol. The van der Waals surface area contributed by atoms with E-state index in [4.69, 9.17) is 19.4 Å². The average Bonchev–Trinajstić information content (AvgIpc) is 2.73. The number of aliphatic carboxylic acids is 2. The molecule has 1 unspecified atom stereocenters. The van der Waals surface area contributed by atoms with E-state index in [0.717, 1.165) is 12.3 Å². The van der Waals surface area contributed by atoms with E-state index in [9.17, 15) is 37.4 Å². The molecule has 3 rings (SSSR count). The Labute approximate surface area is 187 Å². The second kappa shape index (κ2) is 10.2. The maximum atomic E-state index is 13.1. The number of carboxylic acid groups (broad SMARTS) is 2. The Kier molecular flexibility index (Phi) is 7.84. The zero-order valence-electron chi connectivity index (χ0n) is 17.2. The highest BCUT2D eigenvalue weighted by Crippen LogP contribution is 2.34. The van der Waals surface area contributed by atoms with Crippen LogP contribution in [0.5, 0.6) is 11.5 Å². The summed E-state index contributed by atoms with van der Waals surface area (Å²) >= 11 is 0. The fraction of sp³-hybridized carbons (Fsp3) is 0.190. The van der Waals surface area contributed by atoms with E-state index in [0.29, 0.717) is 5.56 Å². The van der Waals surface area contributed by atoms with E-state index in [2.05, 4.69) is 5.32 Å². The van der Waals surface area contributed by atoms with Crippen molar-refractivity contribution in [3.05, 3.63) is 58.2 Å². The van der Waals surface area contributed by atoms with Gasteiger partial charge in [0.05, 0.1) is 11.1 Å². The molecule has 0 saturated carbocycles. The summed E-state index contributed by atoms with van der Waals surface area (Å²) in [6.45, 7) is 1.32. The molecule has 1 aromatic heterocycles. The Bertz CT molecular complexity index is 1270. The van der Waals surface area contributed by atoms with Crippen molar-refractivity contribution in [3.8, 4) is 22.6 Å². The first-order valence-corrected chi connectivity index (χ1v) is 9.25. The molecule has 1 atom stereocenters. The molecule has 9 nitrogen and oxygen atoms in total. The molecule has 0 fully saturated rings. The number of hydrogen-bond donors (Lipinski definition) is 5. The molecule has 0 amide bonds. The summed E-state index contributed by atoms with van der Waals surface area (Å²) in [5.41, 5.74) is 0.0278. The largest absolute Gasteiger partial charge is 0.507 e. The third kappa shape index (κ3) is 6.01. The summed E-state index contributed by atoms with van der Waals surface area (Å²) in [6.07, 6.45) is -3.93. The van der Waals surface area contributed by atoms with Crippen LogP contribution >= 0.6 is 0 Å². The van der Waals surface area contributed by atoms with Crippen molar-refractivity contribution in [1.82, 2.24) is 5.32 Å². The summed E-state index contributed by atoms with van der Waals surface area (Å²) in [5.74, 6) is -5.12. The highest BCUT2D eigenvalue weighted by atomic mass is 19.4. The van der Waals surface area contributed by atoms with Crippen LogP contribution in [-0.4, -0.2) is 44.6 Å². The van der Waals surface area contributed by atoms with Crippen LogP contribution in [0.4, 0.5) is 17.6 Å². The molecule has 3 aromatic rings. The van der Waals surface area contributed by atoms with Gasteiger partial charge in [-0.15, -0.1) is 0 Å². The minimum absolute atomic E-state index is 0.0616. The SMILES string of the molecule is CC(NCc1c(O)cc(O)c2c(=O)c(-c3ccc(F)cc3)coc12)C(=O)O.O=C(O)C(F)(F)F. The van der Waals surface area contributed by atoms with Gasteiger partial charge in [0, 0.05) is 12.6 Å². The molecule has 5 N–H and O–H groups in total. The van der Waals surface area contributed by atoms with E-state index < -0.39 is 41.2 Å². The summed E-state index contributed by atoms with van der Waals surface area (Å²) in [5, 5.41) is 38.8. The van der Waals surface area contributed by atoms with E-state index >= 15 is 0 Å². The van der Waals surface area contributed by atoms with Crippen molar-refractivity contribution in [2.24, 2.45) is 0 Å². The number of nitrogens with one attached hydrogen (secondary N) is 1. The number of alkyl halides is 3. The third-order valence-electron chi connectivity index (χ3n) is 4.46. The van der Waals surface area contributed by atoms with Gasteiger partial charge in [-0.2, -0.15) is 13.2 Å². The maximum Gasteiger partial charge on any atom is 0.490 e. The number of fused-ring (bicyclic) bond motifs is 1. The van der Waals surface area contributed by atoms with Crippen molar-refractivity contribution in [2.75, 3.05) is 0 Å². The number of carboxylic acids is 2. The Hall–Kier alpha value is -4.13. The fourth-order valence-corrected chi connectivity index (χ4v) is 2.67. The van der Waals surface area contributed by atoms with E-state index in [-0.39, 0.29) is 34.4 Å². The van der Waals surface area contributed by atoms with Crippen molar-refractivity contribution in [3.63, 3.8) is 0 Å². The molecule has 0 saturated heterocycles. The van der Waals surface area contributed by atoms with Crippen molar-refractivity contribution in [2.45, 2.75) is 25.7 Å². The number of rotatable bonds is 5. The topological polar surface area (TPSA) is 157 Å². The molecule has 1 heterocycles. The molecule has 0 aliphatic carbocycles. The van der Waals surface area contributed by atoms with Gasteiger partial charge in [-0.3, -0.25) is 9.59 Å². The highest BCUT2D eigenvalue weighted by Gasteiger charge is 2.38. The molecule has 0 aliphatic rings. The first-order valence-electron chi connectivity index (χ1n) is 9.25. The van der Waals surface area contributed by atoms with Crippen LogP contribution in [0.25, 0.3) is 22.1 Å². The quantitative estimate of drug-likeness (QED) is 0.341. The maximum absolute atomic E-state index is 13.1. The van der Waals surface area contributed by atoms with Crippen LogP contribution in [-0.2, 0) is 16.1 Å². The van der Waals surface area contributed by atoms with Crippen LogP contribution in [0, 0.1) is 5.82 Å². The van der Waals surface area contributed by atoms with Gasteiger partial charge in [0.25, 0.3) is 0 Å². The van der Waals surface area contributed by atoms with Crippen LogP contribution in [0.2, 0.25) is 0 Å². The standard InChI is InChI=1S/C19H16FNO6.C2HF3O2/c1-9(19(25)26)21-7-12-14(22)6-15(23)16-17(24)13(8-27-18(12)16)10-2-4-11(20)5-3-10;3-2(4,5)1(6)7/h2-6,8-9,21-23H,7H2,1H3,(H,25,26);(H,6,7). The van der Waals surface area contributed by atoms with Gasteiger partial charge in [-0.05, 0) is 24.6 Å². The molecular weight excluding hydrogens is 470 g/mol. The zero-order chi connectivity index (χ0) is 25.8. The lowest BCUT2D eigenvalue weighted by atomic mass is 10.0. The number of halogens is 4.